The highest BCUT2D eigenvalue weighted by Crippen LogP contribution is 2.54. The van der Waals surface area contributed by atoms with Gasteiger partial charge in [-0.2, -0.15) is 5.10 Å². The van der Waals surface area contributed by atoms with Crippen LogP contribution in [-0.2, 0) is 19.4 Å². The molecule has 3 heteroatoms. The predicted molar refractivity (Wildman–Crippen MR) is 80.3 cm³/mol. The summed E-state index contributed by atoms with van der Waals surface area (Å²) in [6.45, 7) is 13.4. The van der Waals surface area contributed by atoms with Crippen molar-refractivity contribution in [3.05, 3.63) is 17.5 Å². The van der Waals surface area contributed by atoms with E-state index in [2.05, 4.69) is 55.8 Å². The first-order valence-corrected chi connectivity index (χ1v) is 7.80. The average molecular weight is 263 g/mol. The molecular weight excluding hydrogens is 234 g/mol. The van der Waals surface area contributed by atoms with E-state index in [1.165, 1.54) is 17.8 Å². The molecular formula is C16H29N3. The lowest BCUT2D eigenvalue weighted by atomic mass is 9.99. The summed E-state index contributed by atoms with van der Waals surface area (Å²) < 4.78 is 2.18. The maximum atomic E-state index is 4.67. The van der Waals surface area contributed by atoms with Crippen LogP contribution in [0.1, 0.15) is 52.4 Å². The summed E-state index contributed by atoms with van der Waals surface area (Å²) in [6.07, 6.45) is 3.50. The third-order valence-corrected chi connectivity index (χ3v) is 4.55. The third kappa shape index (κ3) is 3.19. The fourth-order valence-corrected chi connectivity index (χ4v) is 3.16. The molecule has 0 spiro atoms. The molecule has 1 saturated carbocycles. The van der Waals surface area contributed by atoms with E-state index in [1.54, 1.807) is 0 Å². The van der Waals surface area contributed by atoms with Crippen LogP contribution in [0.5, 0.6) is 0 Å². The molecule has 1 fully saturated rings. The zero-order valence-corrected chi connectivity index (χ0v) is 13.2. The Bertz CT molecular complexity index is 420. The summed E-state index contributed by atoms with van der Waals surface area (Å²) in [5, 5.41) is 8.35. The Morgan fingerprint density at radius 1 is 1.42 bits per heavy atom. The molecule has 1 aliphatic rings. The highest BCUT2D eigenvalue weighted by Gasteiger charge is 2.49. The Balaban J connectivity index is 2.10. The number of aryl methyl sites for hydroxylation is 2. The second-order valence-corrected chi connectivity index (χ2v) is 6.46. The largest absolute Gasteiger partial charge is 0.314 e. The highest BCUT2D eigenvalue weighted by molar-refractivity contribution is 5.14. The Morgan fingerprint density at radius 2 is 2.11 bits per heavy atom. The second kappa shape index (κ2) is 5.66. The highest BCUT2D eigenvalue weighted by atomic mass is 15.3. The number of nitrogens with one attached hydrogen (secondary N) is 1. The van der Waals surface area contributed by atoms with Crippen molar-refractivity contribution in [3.8, 4) is 0 Å². The maximum absolute atomic E-state index is 4.67. The van der Waals surface area contributed by atoms with Crippen LogP contribution in [0.25, 0.3) is 0 Å². The number of aromatic nitrogens is 2. The van der Waals surface area contributed by atoms with Crippen molar-refractivity contribution in [2.75, 3.05) is 6.54 Å². The van der Waals surface area contributed by atoms with Gasteiger partial charge in [0.1, 0.15) is 0 Å². The van der Waals surface area contributed by atoms with Gasteiger partial charge in [-0.3, -0.25) is 4.68 Å². The van der Waals surface area contributed by atoms with Crippen molar-refractivity contribution < 1.29 is 0 Å². The van der Waals surface area contributed by atoms with Gasteiger partial charge in [0.05, 0.1) is 5.69 Å². The topological polar surface area (TPSA) is 29.9 Å². The summed E-state index contributed by atoms with van der Waals surface area (Å²) >= 11 is 0. The number of likely N-dealkylation sites (N-methyl/N-ethyl adjacent to an activating group) is 1. The molecule has 108 valence electrons. The van der Waals surface area contributed by atoms with Crippen molar-refractivity contribution >= 4 is 0 Å². The molecule has 2 atom stereocenters. The van der Waals surface area contributed by atoms with E-state index in [-0.39, 0.29) is 0 Å². The van der Waals surface area contributed by atoms with Crippen LogP contribution in [-0.4, -0.2) is 22.4 Å². The minimum absolute atomic E-state index is 0.525. The fourth-order valence-electron chi connectivity index (χ4n) is 3.16. The minimum Gasteiger partial charge on any atom is -0.314 e. The van der Waals surface area contributed by atoms with Crippen LogP contribution in [0.2, 0.25) is 0 Å². The zero-order chi connectivity index (χ0) is 14.0. The van der Waals surface area contributed by atoms with Crippen molar-refractivity contribution in [1.82, 2.24) is 15.1 Å². The van der Waals surface area contributed by atoms with Gasteiger partial charge in [-0.05, 0) is 43.7 Å². The number of hydrogen-bond donors (Lipinski definition) is 1. The lowest BCUT2D eigenvalue weighted by Gasteiger charge is -2.20. The first-order valence-electron chi connectivity index (χ1n) is 7.80. The summed E-state index contributed by atoms with van der Waals surface area (Å²) in [6, 6.07) is 2.90. The van der Waals surface area contributed by atoms with Crippen LogP contribution in [0.15, 0.2) is 6.07 Å². The minimum atomic E-state index is 0.525. The lowest BCUT2D eigenvalue weighted by molar-refractivity contribution is 0.400. The normalized spacial score (nSPS) is 22.5. The van der Waals surface area contributed by atoms with E-state index in [1.807, 2.05) is 0 Å². The summed E-state index contributed by atoms with van der Waals surface area (Å²) in [5.74, 6) is 0.817. The Kier molecular flexibility index (Phi) is 4.34. The van der Waals surface area contributed by atoms with E-state index >= 15 is 0 Å². The SMILES string of the molecule is CCNC(Cc1cc(CC)nn1CC)C1CC1(C)C. The van der Waals surface area contributed by atoms with E-state index in [4.69, 9.17) is 0 Å². The van der Waals surface area contributed by atoms with Crippen LogP contribution in [0.4, 0.5) is 0 Å². The van der Waals surface area contributed by atoms with Crippen molar-refractivity contribution in [3.63, 3.8) is 0 Å². The molecule has 0 aliphatic heterocycles. The van der Waals surface area contributed by atoms with Gasteiger partial charge in [0.25, 0.3) is 0 Å². The standard InChI is InChI=1S/C16H29N3/c1-6-12-9-13(19(8-3)18-12)10-15(17-7-2)14-11-16(14,4)5/h9,14-15,17H,6-8,10-11H2,1-5H3. The second-order valence-electron chi connectivity index (χ2n) is 6.46. The van der Waals surface area contributed by atoms with Crippen LogP contribution < -0.4 is 5.32 Å². The van der Waals surface area contributed by atoms with Crippen LogP contribution >= 0.6 is 0 Å². The van der Waals surface area contributed by atoms with E-state index in [0.29, 0.717) is 11.5 Å². The lowest BCUT2D eigenvalue weighted by Crippen LogP contribution is -2.35. The van der Waals surface area contributed by atoms with Crippen LogP contribution in [0.3, 0.4) is 0 Å². The molecule has 1 aromatic heterocycles. The predicted octanol–water partition coefficient (Wildman–Crippen LogP) is 3.03. The number of hydrogen-bond acceptors (Lipinski definition) is 2. The third-order valence-electron chi connectivity index (χ3n) is 4.55. The van der Waals surface area contributed by atoms with Crippen molar-refractivity contribution in [1.29, 1.82) is 0 Å². The molecule has 0 aromatic carbocycles. The van der Waals surface area contributed by atoms with Crippen molar-refractivity contribution in [2.24, 2.45) is 11.3 Å². The average Bonchev–Trinajstić information content (AvgIpc) is 2.85. The van der Waals surface area contributed by atoms with Gasteiger partial charge >= 0.3 is 0 Å². The van der Waals surface area contributed by atoms with Gasteiger partial charge in [-0.15, -0.1) is 0 Å². The molecule has 0 amide bonds. The Labute approximate surface area is 117 Å². The fraction of sp³-hybridized carbons (Fsp3) is 0.812. The Hall–Kier alpha value is -0.830. The molecule has 1 aliphatic carbocycles. The van der Waals surface area contributed by atoms with Gasteiger partial charge < -0.3 is 5.32 Å². The number of nitrogens with zero attached hydrogens (tertiary/aromatic N) is 2. The van der Waals surface area contributed by atoms with Gasteiger partial charge in [0, 0.05) is 24.7 Å². The molecule has 2 unspecified atom stereocenters. The summed E-state index contributed by atoms with van der Waals surface area (Å²) in [4.78, 5) is 0. The van der Waals surface area contributed by atoms with E-state index in [0.717, 1.165) is 31.8 Å². The van der Waals surface area contributed by atoms with E-state index < -0.39 is 0 Å². The molecule has 1 N–H and O–H groups in total. The molecule has 19 heavy (non-hydrogen) atoms. The van der Waals surface area contributed by atoms with Gasteiger partial charge in [0.2, 0.25) is 0 Å². The molecule has 2 rings (SSSR count). The molecule has 1 aromatic rings. The zero-order valence-electron chi connectivity index (χ0n) is 13.2. The molecule has 3 nitrogen and oxygen atoms in total. The van der Waals surface area contributed by atoms with Gasteiger partial charge in [0.15, 0.2) is 0 Å². The summed E-state index contributed by atoms with van der Waals surface area (Å²) in [5.41, 5.74) is 3.15. The summed E-state index contributed by atoms with van der Waals surface area (Å²) in [7, 11) is 0. The molecule has 1 heterocycles. The Morgan fingerprint density at radius 3 is 2.58 bits per heavy atom. The van der Waals surface area contributed by atoms with E-state index in [9.17, 15) is 0 Å². The van der Waals surface area contributed by atoms with Gasteiger partial charge in [-0.1, -0.05) is 27.7 Å². The first-order chi connectivity index (χ1) is 9.01. The molecule has 0 saturated heterocycles. The first kappa shape index (κ1) is 14.6. The van der Waals surface area contributed by atoms with Gasteiger partial charge in [-0.25, -0.2) is 0 Å². The quantitative estimate of drug-likeness (QED) is 0.819. The van der Waals surface area contributed by atoms with Crippen molar-refractivity contribution in [2.45, 2.75) is 66.5 Å². The van der Waals surface area contributed by atoms with Crippen LogP contribution in [0, 0.1) is 11.3 Å². The smallest absolute Gasteiger partial charge is 0.0624 e. The maximum Gasteiger partial charge on any atom is 0.0624 e. The molecule has 0 bridgehead atoms. The monoisotopic (exact) mass is 263 g/mol. The molecule has 0 radical (unpaired) electrons. The number of rotatable bonds is 7.